The zero-order valence-corrected chi connectivity index (χ0v) is 11.3. The fourth-order valence-corrected chi connectivity index (χ4v) is 1.99. The van der Waals surface area contributed by atoms with Crippen LogP contribution in [-0.2, 0) is 0 Å². The van der Waals surface area contributed by atoms with E-state index in [0.717, 1.165) is 6.07 Å². The van der Waals surface area contributed by atoms with Gasteiger partial charge in [-0.3, -0.25) is 10.1 Å². The van der Waals surface area contributed by atoms with Gasteiger partial charge in [0.1, 0.15) is 16.8 Å². The van der Waals surface area contributed by atoms with Crippen LogP contribution in [0.5, 0.6) is 0 Å². The van der Waals surface area contributed by atoms with Crippen LogP contribution in [0, 0.1) is 15.9 Å². The van der Waals surface area contributed by atoms with Crippen LogP contribution < -0.4 is 5.32 Å². The summed E-state index contributed by atoms with van der Waals surface area (Å²) in [6.45, 7) is 1.73. The first-order valence-electron chi connectivity index (χ1n) is 5.80. The summed E-state index contributed by atoms with van der Waals surface area (Å²) >= 11 is 5.73. The van der Waals surface area contributed by atoms with E-state index >= 15 is 0 Å². The zero-order valence-electron chi connectivity index (χ0n) is 10.5. The number of nitrogens with one attached hydrogen (secondary N) is 1. The van der Waals surface area contributed by atoms with E-state index in [2.05, 4.69) is 10.3 Å². The fraction of sp³-hybridized carbons (Fsp3) is 0.154. The molecule has 7 heteroatoms. The van der Waals surface area contributed by atoms with Crippen molar-refractivity contribution < 1.29 is 9.31 Å². The Bertz CT molecular complexity index is 651. The van der Waals surface area contributed by atoms with Crippen LogP contribution >= 0.6 is 11.6 Å². The van der Waals surface area contributed by atoms with Gasteiger partial charge in [-0.2, -0.15) is 0 Å². The lowest BCUT2D eigenvalue weighted by molar-refractivity contribution is -0.384. The molecular weight excluding hydrogens is 285 g/mol. The molecule has 1 N–H and O–H groups in total. The van der Waals surface area contributed by atoms with E-state index in [4.69, 9.17) is 11.6 Å². The molecule has 0 saturated heterocycles. The smallest absolute Gasteiger partial charge is 0.276 e. The highest BCUT2D eigenvalue weighted by atomic mass is 35.5. The van der Waals surface area contributed by atoms with Crippen LogP contribution in [0.3, 0.4) is 0 Å². The Morgan fingerprint density at radius 2 is 2.10 bits per heavy atom. The lowest BCUT2D eigenvalue weighted by atomic mass is 10.1. The summed E-state index contributed by atoms with van der Waals surface area (Å²) in [4.78, 5) is 14.1. The number of aromatic nitrogens is 1. The topological polar surface area (TPSA) is 68.1 Å². The van der Waals surface area contributed by atoms with Crippen LogP contribution in [0.25, 0.3) is 0 Å². The Kier molecular flexibility index (Phi) is 4.14. The van der Waals surface area contributed by atoms with Crippen molar-refractivity contribution in [3.05, 3.63) is 63.0 Å². The molecule has 0 aliphatic heterocycles. The van der Waals surface area contributed by atoms with Gasteiger partial charge in [0.05, 0.1) is 23.1 Å². The number of rotatable bonds is 4. The van der Waals surface area contributed by atoms with E-state index in [1.165, 1.54) is 12.1 Å². The molecule has 5 nitrogen and oxygen atoms in total. The van der Waals surface area contributed by atoms with Gasteiger partial charge in [-0.05, 0) is 13.0 Å². The second-order valence-electron chi connectivity index (χ2n) is 4.18. The van der Waals surface area contributed by atoms with E-state index < -0.39 is 11.0 Å². The molecular formula is C13H11ClFN3O2. The van der Waals surface area contributed by atoms with Crippen molar-refractivity contribution in [3.63, 3.8) is 0 Å². The van der Waals surface area contributed by atoms with Gasteiger partial charge >= 0.3 is 0 Å². The Morgan fingerprint density at radius 3 is 2.75 bits per heavy atom. The number of anilines is 1. The molecule has 1 aromatic heterocycles. The Morgan fingerprint density at radius 1 is 1.40 bits per heavy atom. The van der Waals surface area contributed by atoms with Crippen LogP contribution in [0.4, 0.5) is 15.9 Å². The maximum absolute atomic E-state index is 13.6. The molecule has 1 aromatic carbocycles. The second-order valence-corrected chi connectivity index (χ2v) is 4.57. The molecule has 1 atom stereocenters. The van der Waals surface area contributed by atoms with Gasteiger partial charge in [-0.15, -0.1) is 0 Å². The highest BCUT2D eigenvalue weighted by molar-refractivity contribution is 6.29. The van der Waals surface area contributed by atoms with Gasteiger partial charge in [0.25, 0.3) is 5.69 Å². The summed E-state index contributed by atoms with van der Waals surface area (Å²) in [5.74, 6) is -0.135. The molecule has 20 heavy (non-hydrogen) atoms. The van der Waals surface area contributed by atoms with E-state index in [9.17, 15) is 14.5 Å². The molecule has 0 aliphatic carbocycles. The monoisotopic (exact) mass is 295 g/mol. The molecule has 2 aromatic rings. The number of pyridine rings is 1. The molecule has 0 spiro atoms. The van der Waals surface area contributed by atoms with Crippen LogP contribution in [0.2, 0.25) is 5.15 Å². The quantitative estimate of drug-likeness (QED) is 0.527. The Labute approximate surface area is 119 Å². The zero-order chi connectivity index (χ0) is 14.7. The minimum Gasteiger partial charge on any atom is -0.363 e. The first kappa shape index (κ1) is 14.2. The molecule has 0 saturated carbocycles. The third kappa shape index (κ3) is 3.21. The van der Waals surface area contributed by atoms with Gasteiger partial charge in [0.2, 0.25) is 0 Å². The Balaban J connectivity index is 2.26. The molecule has 2 rings (SSSR count). The Hall–Kier alpha value is -2.21. The summed E-state index contributed by atoms with van der Waals surface area (Å²) in [5, 5.41) is 13.6. The van der Waals surface area contributed by atoms with E-state index in [-0.39, 0.29) is 22.5 Å². The van der Waals surface area contributed by atoms with Gasteiger partial charge in [0, 0.05) is 5.56 Å². The van der Waals surface area contributed by atoms with E-state index in [0.29, 0.717) is 5.56 Å². The third-order valence-electron chi connectivity index (χ3n) is 2.73. The number of nitro groups is 1. The van der Waals surface area contributed by atoms with Gasteiger partial charge in [-0.25, -0.2) is 9.37 Å². The summed E-state index contributed by atoms with van der Waals surface area (Å²) in [5.41, 5.74) is 0.269. The van der Waals surface area contributed by atoms with Crippen molar-refractivity contribution in [1.82, 2.24) is 4.98 Å². The summed E-state index contributed by atoms with van der Waals surface area (Å²) < 4.78 is 13.6. The fourth-order valence-electron chi connectivity index (χ4n) is 1.79. The highest BCUT2D eigenvalue weighted by Gasteiger charge is 2.14. The van der Waals surface area contributed by atoms with Crippen LogP contribution in [0.1, 0.15) is 18.5 Å². The predicted octanol–water partition coefficient (Wildman–Crippen LogP) is 3.96. The molecule has 0 fully saturated rings. The first-order chi connectivity index (χ1) is 9.47. The van der Waals surface area contributed by atoms with E-state index in [1.807, 2.05) is 0 Å². The second kappa shape index (κ2) is 5.83. The average Bonchev–Trinajstić information content (AvgIpc) is 2.38. The minimum atomic E-state index is -0.563. The molecule has 104 valence electrons. The molecule has 1 unspecified atom stereocenters. The standard InChI is InChI=1S/C13H11ClFN3O2/c1-8(10-4-2-3-5-11(10)15)16-13-7-9(18(19)20)6-12(14)17-13/h2-8H,1H3,(H,16,17). The van der Waals surface area contributed by atoms with Crippen molar-refractivity contribution in [1.29, 1.82) is 0 Å². The van der Waals surface area contributed by atoms with Gasteiger partial charge < -0.3 is 5.32 Å². The first-order valence-corrected chi connectivity index (χ1v) is 6.18. The summed E-state index contributed by atoms with van der Waals surface area (Å²) in [6.07, 6.45) is 0. The van der Waals surface area contributed by atoms with Crippen molar-refractivity contribution in [3.8, 4) is 0 Å². The van der Waals surface area contributed by atoms with Gasteiger partial charge in [-0.1, -0.05) is 29.8 Å². The summed E-state index contributed by atoms with van der Waals surface area (Å²) in [6, 6.07) is 8.29. The minimum absolute atomic E-state index is 0.00225. The van der Waals surface area contributed by atoms with Crippen molar-refractivity contribution in [2.24, 2.45) is 0 Å². The highest BCUT2D eigenvalue weighted by Crippen LogP contribution is 2.25. The number of nitrogens with zero attached hydrogens (tertiary/aromatic N) is 2. The lowest BCUT2D eigenvalue weighted by Crippen LogP contribution is -2.10. The van der Waals surface area contributed by atoms with E-state index in [1.54, 1.807) is 25.1 Å². The number of hydrogen-bond donors (Lipinski definition) is 1. The number of benzene rings is 1. The van der Waals surface area contributed by atoms with Crippen molar-refractivity contribution >= 4 is 23.1 Å². The SMILES string of the molecule is CC(Nc1cc([N+](=O)[O-])cc(Cl)n1)c1ccccc1F. The molecule has 0 radical (unpaired) electrons. The maximum atomic E-state index is 13.6. The van der Waals surface area contributed by atoms with Crippen molar-refractivity contribution in [2.45, 2.75) is 13.0 Å². The third-order valence-corrected chi connectivity index (χ3v) is 2.92. The lowest BCUT2D eigenvalue weighted by Gasteiger charge is -2.15. The largest absolute Gasteiger partial charge is 0.363 e. The molecule has 1 heterocycles. The normalized spacial score (nSPS) is 11.9. The average molecular weight is 296 g/mol. The van der Waals surface area contributed by atoms with Crippen LogP contribution in [0.15, 0.2) is 36.4 Å². The predicted molar refractivity (Wildman–Crippen MR) is 74.3 cm³/mol. The van der Waals surface area contributed by atoms with Crippen LogP contribution in [-0.4, -0.2) is 9.91 Å². The number of halogens is 2. The molecule has 0 bridgehead atoms. The molecule has 0 amide bonds. The van der Waals surface area contributed by atoms with Gasteiger partial charge in [0.15, 0.2) is 0 Å². The maximum Gasteiger partial charge on any atom is 0.276 e. The number of hydrogen-bond acceptors (Lipinski definition) is 4. The summed E-state index contributed by atoms with van der Waals surface area (Å²) in [7, 11) is 0. The van der Waals surface area contributed by atoms with Crippen molar-refractivity contribution in [2.75, 3.05) is 5.32 Å². The molecule has 0 aliphatic rings.